The van der Waals surface area contributed by atoms with Crippen LogP contribution in [0.15, 0.2) is 22.8 Å². The predicted molar refractivity (Wildman–Crippen MR) is 131 cm³/mol. The normalized spacial score (nSPS) is 43.7. The molecular formula is C30H48O. The molecule has 0 aromatic carbocycles. The van der Waals surface area contributed by atoms with Crippen molar-refractivity contribution >= 4 is 0 Å². The lowest BCUT2D eigenvalue weighted by Crippen LogP contribution is -2.53. The molecule has 1 heteroatoms. The van der Waals surface area contributed by atoms with Crippen LogP contribution in [0.25, 0.3) is 0 Å². The van der Waals surface area contributed by atoms with Crippen LogP contribution in [0.4, 0.5) is 0 Å². The van der Waals surface area contributed by atoms with Crippen molar-refractivity contribution in [2.45, 2.75) is 124 Å². The first-order valence-electron chi connectivity index (χ1n) is 13.8. The molecule has 0 spiro atoms. The lowest BCUT2D eigenvalue weighted by atomic mass is 9.46. The van der Waals surface area contributed by atoms with E-state index in [-0.39, 0.29) is 11.5 Å². The summed E-state index contributed by atoms with van der Waals surface area (Å²) in [4.78, 5) is 0. The van der Waals surface area contributed by atoms with Crippen LogP contribution in [0.1, 0.15) is 118 Å². The van der Waals surface area contributed by atoms with E-state index in [0.29, 0.717) is 16.7 Å². The fraction of sp³-hybridized carbons (Fsp3) is 0.867. The summed E-state index contributed by atoms with van der Waals surface area (Å²) in [6.07, 6.45) is 20.1. The summed E-state index contributed by atoms with van der Waals surface area (Å²) in [5, 5.41) is 10.8. The Labute approximate surface area is 192 Å². The van der Waals surface area contributed by atoms with Crippen LogP contribution >= 0.6 is 0 Å². The van der Waals surface area contributed by atoms with Gasteiger partial charge in [0.1, 0.15) is 0 Å². The average Bonchev–Trinajstić information content (AvgIpc) is 3.09. The van der Waals surface area contributed by atoms with Gasteiger partial charge in [-0.2, -0.15) is 0 Å². The van der Waals surface area contributed by atoms with Crippen LogP contribution in [0.5, 0.6) is 0 Å². The van der Waals surface area contributed by atoms with Crippen molar-refractivity contribution in [2.24, 2.45) is 39.9 Å². The maximum atomic E-state index is 10.8. The van der Waals surface area contributed by atoms with Gasteiger partial charge in [-0.3, -0.25) is 0 Å². The average molecular weight is 425 g/mol. The summed E-state index contributed by atoms with van der Waals surface area (Å²) in [5.74, 6) is 3.35. The second-order valence-corrected chi connectivity index (χ2v) is 13.4. The van der Waals surface area contributed by atoms with Crippen LogP contribution in [0, 0.1) is 39.9 Å². The summed E-state index contributed by atoms with van der Waals surface area (Å²) in [5.41, 5.74) is 6.15. The monoisotopic (exact) mass is 424 g/mol. The fourth-order valence-corrected chi connectivity index (χ4v) is 9.69. The SMILES string of the molecule is C[C@H](CC1CCCCC1)[C@H]1CC=C2C3=C(CC[C@@]21C)[C@@]1(C)CC[C@H](O)C(C)(C)[C@@H]1CC3. The van der Waals surface area contributed by atoms with E-state index in [1.54, 1.807) is 11.1 Å². The molecule has 6 atom stereocenters. The highest BCUT2D eigenvalue weighted by atomic mass is 16.3. The Morgan fingerprint density at radius 3 is 2.42 bits per heavy atom. The van der Waals surface area contributed by atoms with E-state index in [2.05, 4.69) is 40.7 Å². The Morgan fingerprint density at radius 2 is 1.68 bits per heavy atom. The maximum Gasteiger partial charge on any atom is 0.0594 e. The molecule has 0 saturated heterocycles. The molecule has 31 heavy (non-hydrogen) atoms. The van der Waals surface area contributed by atoms with E-state index in [4.69, 9.17) is 0 Å². The Balaban J connectivity index is 1.40. The molecule has 5 rings (SSSR count). The van der Waals surface area contributed by atoms with Gasteiger partial charge in [0, 0.05) is 0 Å². The first-order valence-corrected chi connectivity index (χ1v) is 13.8. The third-order valence-corrected chi connectivity index (χ3v) is 11.5. The number of allylic oxidation sites excluding steroid dienone is 4. The summed E-state index contributed by atoms with van der Waals surface area (Å²) in [6.45, 7) is 12.5. The summed E-state index contributed by atoms with van der Waals surface area (Å²) < 4.78 is 0. The van der Waals surface area contributed by atoms with Crippen molar-refractivity contribution in [1.82, 2.24) is 0 Å². The van der Waals surface area contributed by atoms with E-state index >= 15 is 0 Å². The minimum atomic E-state index is -0.128. The standard InChI is InChI=1S/C30H48O/c1-20(19-21-9-7-6-8-10-21)23-12-13-24-22-11-14-26-28(2,3)27(31)16-18-30(26,5)25(22)15-17-29(23,24)4/h13,20-21,23,26-27,31H,6-12,14-19H2,1-5H3/t20-,23-,26+,27+,29-,30-/m1/s1. The van der Waals surface area contributed by atoms with E-state index in [9.17, 15) is 5.11 Å². The van der Waals surface area contributed by atoms with E-state index in [1.807, 2.05) is 5.57 Å². The Hall–Kier alpha value is -0.560. The van der Waals surface area contributed by atoms with Crippen LogP contribution in [-0.4, -0.2) is 11.2 Å². The molecule has 0 aliphatic heterocycles. The largest absolute Gasteiger partial charge is 0.393 e. The van der Waals surface area contributed by atoms with Crippen molar-refractivity contribution < 1.29 is 5.11 Å². The Kier molecular flexibility index (Phi) is 5.56. The number of rotatable bonds is 3. The first kappa shape index (κ1) is 22.2. The van der Waals surface area contributed by atoms with Crippen molar-refractivity contribution in [3.63, 3.8) is 0 Å². The summed E-state index contributed by atoms with van der Waals surface area (Å²) in [6, 6.07) is 0. The number of aliphatic hydroxyl groups excluding tert-OH is 1. The minimum absolute atomic E-state index is 0.0490. The van der Waals surface area contributed by atoms with Gasteiger partial charge in [-0.15, -0.1) is 0 Å². The zero-order valence-corrected chi connectivity index (χ0v) is 21.1. The maximum absolute atomic E-state index is 10.8. The molecule has 1 N–H and O–H groups in total. The molecule has 0 bridgehead atoms. The number of hydrogen-bond donors (Lipinski definition) is 1. The third kappa shape index (κ3) is 3.34. The highest BCUT2D eigenvalue weighted by molar-refractivity contribution is 5.49. The molecular weight excluding hydrogens is 376 g/mol. The van der Waals surface area contributed by atoms with Crippen LogP contribution in [0.2, 0.25) is 0 Å². The van der Waals surface area contributed by atoms with Gasteiger partial charge in [0.25, 0.3) is 0 Å². The van der Waals surface area contributed by atoms with E-state index < -0.39 is 0 Å². The highest BCUT2D eigenvalue weighted by Gasteiger charge is 2.57. The van der Waals surface area contributed by atoms with Gasteiger partial charge < -0.3 is 5.11 Å². The minimum Gasteiger partial charge on any atom is -0.393 e. The fourth-order valence-electron chi connectivity index (χ4n) is 9.69. The lowest BCUT2D eigenvalue weighted by molar-refractivity contribution is -0.0905. The molecule has 0 radical (unpaired) electrons. The van der Waals surface area contributed by atoms with Gasteiger partial charge in [0.15, 0.2) is 0 Å². The lowest BCUT2D eigenvalue weighted by Gasteiger charge is -2.59. The molecule has 5 aliphatic carbocycles. The molecule has 2 saturated carbocycles. The molecule has 174 valence electrons. The zero-order valence-electron chi connectivity index (χ0n) is 21.1. The van der Waals surface area contributed by atoms with Crippen LogP contribution < -0.4 is 0 Å². The van der Waals surface area contributed by atoms with Crippen LogP contribution in [0.3, 0.4) is 0 Å². The van der Waals surface area contributed by atoms with Gasteiger partial charge in [0.2, 0.25) is 0 Å². The Morgan fingerprint density at radius 1 is 0.935 bits per heavy atom. The second-order valence-electron chi connectivity index (χ2n) is 13.4. The number of hydrogen-bond acceptors (Lipinski definition) is 1. The van der Waals surface area contributed by atoms with Gasteiger partial charge in [0.05, 0.1) is 6.10 Å². The molecule has 1 nitrogen and oxygen atoms in total. The highest BCUT2D eigenvalue weighted by Crippen LogP contribution is 2.66. The molecule has 0 aromatic heterocycles. The van der Waals surface area contributed by atoms with Gasteiger partial charge >= 0.3 is 0 Å². The molecule has 2 fully saturated rings. The molecule has 0 unspecified atom stereocenters. The predicted octanol–water partition coefficient (Wildman–Crippen LogP) is 8.23. The molecule has 0 amide bonds. The number of fused-ring (bicyclic) bond motifs is 4. The van der Waals surface area contributed by atoms with Crippen molar-refractivity contribution in [3.8, 4) is 0 Å². The number of aliphatic hydroxyl groups is 1. The quantitative estimate of drug-likeness (QED) is 0.483. The van der Waals surface area contributed by atoms with Crippen LogP contribution in [-0.2, 0) is 0 Å². The smallest absolute Gasteiger partial charge is 0.0594 e. The van der Waals surface area contributed by atoms with Gasteiger partial charge in [-0.05, 0) is 102 Å². The zero-order chi connectivity index (χ0) is 22.0. The molecule has 0 heterocycles. The molecule has 5 aliphatic rings. The van der Waals surface area contributed by atoms with E-state index in [1.165, 1.54) is 77.0 Å². The molecule has 0 aromatic rings. The van der Waals surface area contributed by atoms with Crippen molar-refractivity contribution in [1.29, 1.82) is 0 Å². The third-order valence-electron chi connectivity index (χ3n) is 11.5. The van der Waals surface area contributed by atoms with E-state index in [0.717, 1.165) is 24.2 Å². The van der Waals surface area contributed by atoms with Gasteiger partial charge in [-0.1, -0.05) is 78.4 Å². The summed E-state index contributed by atoms with van der Waals surface area (Å²) >= 11 is 0. The topological polar surface area (TPSA) is 20.2 Å². The first-order chi connectivity index (χ1) is 14.7. The summed E-state index contributed by atoms with van der Waals surface area (Å²) in [7, 11) is 0. The van der Waals surface area contributed by atoms with Crippen molar-refractivity contribution in [2.75, 3.05) is 0 Å². The second kappa shape index (κ2) is 7.75. The van der Waals surface area contributed by atoms with Crippen molar-refractivity contribution in [3.05, 3.63) is 22.8 Å². The van der Waals surface area contributed by atoms with Gasteiger partial charge in [-0.25, -0.2) is 0 Å². The Bertz CT molecular complexity index is 765.